The van der Waals surface area contributed by atoms with Crippen LogP contribution in [0.25, 0.3) is 6.08 Å². The van der Waals surface area contributed by atoms with Gasteiger partial charge in [0, 0.05) is 5.69 Å². The Hall–Kier alpha value is -1.02. The molecule has 0 fully saturated rings. The minimum Gasteiger partial charge on any atom is -0.401 e. The van der Waals surface area contributed by atoms with Crippen LogP contribution in [0, 0.1) is 0 Å². The van der Waals surface area contributed by atoms with Gasteiger partial charge in [0.15, 0.2) is 0 Å². The summed E-state index contributed by atoms with van der Waals surface area (Å²) in [6.45, 7) is 10.8. The summed E-state index contributed by atoms with van der Waals surface area (Å²) in [5.41, 5.74) is 2.48. The second-order valence-corrected chi connectivity index (χ2v) is 9.54. The monoisotopic (exact) mass is 205 g/mol. The molecule has 1 aromatic rings. The van der Waals surface area contributed by atoms with Crippen molar-refractivity contribution in [3.05, 3.63) is 36.4 Å². The number of benzene rings is 1. The molecule has 0 heterocycles. The molecule has 14 heavy (non-hydrogen) atoms. The molecule has 0 aliphatic rings. The molecule has 0 saturated carbocycles. The van der Waals surface area contributed by atoms with E-state index in [1.165, 1.54) is 11.3 Å². The average molecular weight is 205 g/mol. The van der Waals surface area contributed by atoms with Gasteiger partial charge in [0.2, 0.25) is 0 Å². The summed E-state index contributed by atoms with van der Waals surface area (Å²) in [7, 11) is 0.954. The molecule has 0 bridgehead atoms. The first-order valence-corrected chi connectivity index (χ1v) is 8.36. The Morgan fingerprint density at radius 1 is 1.14 bits per heavy atom. The summed E-state index contributed by atoms with van der Waals surface area (Å²) in [5, 5.41) is 0. The second-order valence-electron chi connectivity index (χ2n) is 4.53. The number of anilines is 1. The summed E-state index contributed by atoms with van der Waals surface area (Å²) in [5.74, 6) is 0. The standard InChI is InChI=1S/C12H19NSi/c1-6-11-7-9-12(10-8-11)13(2)14(3,4)5/h6-10H,1H2,2-5H3. The Morgan fingerprint density at radius 2 is 1.64 bits per heavy atom. The molecule has 76 valence electrons. The molecule has 0 radical (unpaired) electrons. The van der Waals surface area contributed by atoms with Crippen LogP contribution in [0.15, 0.2) is 30.8 Å². The van der Waals surface area contributed by atoms with E-state index in [2.05, 4.69) is 62.1 Å². The summed E-state index contributed by atoms with van der Waals surface area (Å²) in [4.78, 5) is 0. The molecular weight excluding hydrogens is 186 g/mol. The van der Waals surface area contributed by atoms with Crippen LogP contribution in [-0.4, -0.2) is 15.3 Å². The molecule has 2 heteroatoms. The zero-order valence-corrected chi connectivity index (χ0v) is 10.5. The minimum absolute atomic E-state index is 1.18. The zero-order valence-electron chi connectivity index (χ0n) is 9.54. The maximum atomic E-state index is 3.75. The molecule has 1 nitrogen and oxygen atoms in total. The summed E-state index contributed by atoms with van der Waals surface area (Å²) in [6, 6.07) is 8.54. The lowest BCUT2D eigenvalue weighted by molar-refractivity contribution is 1.25. The Labute approximate surface area is 88.2 Å². The highest BCUT2D eigenvalue weighted by Gasteiger charge is 2.19. The van der Waals surface area contributed by atoms with Crippen LogP contribution in [0.2, 0.25) is 19.6 Å². The van der Waals surface area contributed by atoms with Gasteiger partial charge >= 0.3 is 0 Å². The fourth-order valence-corrected chi connectivity index (χ4v) is 2.14. The first-order chi connectivity index (χ1) is 6.45. The largest absolute Gasteiger partial charge is 0.401 e. The zero-order chi connectivity index (χ0) is 10.8. The van der Waals surface area contributed by atoms with Gasteiger partial charge in [-0.15, -0.1) is 0 Å². The fourth-order valence-electron chi connectivity index (χ4n) is 1.22. The summed E-state index contributed by atoms with van der Waals surface area (Å²) >= 11 is 0. The SMILES string of the molecule is C=Cc1ccc(N(C)[Si](C)(C)C)cc1. The predicted octanol–water partition coefficient (Wildman–Crippen LogP) is 3.60. The first kappa shape index (κ1) is 11.1. The predicted molar refractivity (Wildman–Crippen MR) is 68.3 cm³/mol. The van der Waals surface area contributed by atoms with Gasteiger partial charge in [-0.25, -0.2) is 0 Å². The van der Waals surface area contributed by atoms with E-state index in [1.807, 2.05) is 6.08 Å². The van der Waals surface area contributed by atoms with Crippen LogP contribution in [0.4, 0.5) is 5.69 Å². The molecule has 0 aromatic heterocycles. The van der Waals surface area contributed by atoms with Crippen LogP contribution in [0.3, 0.4) is 0 Å². The van der Waals surface area contributed by atoms with Crippen LogP contribution in [-0.2, 0) is 0 Å². The van der Waals surface area contributed by atoms with Crippen molar-refractivity contribution < 1.29 is 0 Å². The Morgan fingerprint density at radius 3 is 2.00 bits per heavy atom. The molecule has 0 saturated heterocycles. The highest BCUT2D eigenvalue weighted by Crippen LogP contribution is 2.20. The van der Waals surface area contributed by atoms with Crippen LogP contribution in [0.1, 0.15) is 5.56 Å². The summed E-state index contributed by atoms with van der Waals surface area (Å²) < 4.78 is 2.40. The third-order valence-electron chi connectivity index (χ3n) is 2.52. The van der Waals surface area contributed by atoms with E-state index in [0.717, 1.165) is 0 Å². The number of hydrogen-bond donors (Lipinski definition) is 0. The van der Waals surface area contributed by atoms with Crippen molar-refractivity contribution >= 4 is 20.0 Å². The number of rotatable bonds is 3. The maximum Gasteiger partial charge on any atom is 0.147 e. The first-order valence-electron chi connectivity index (χ1n) is 4.91. The normalized spacial score (nSPS) is 11.1. The van der Waals surface area contributed by atoms with E-state index in [4.69, 9.17) is 0 Å². The highest BCUT2D eigenvalue weighted by molar-refractivity contribution is 6.79. The van der Waals surface area contributed by atoms with E-state index in [1.54, 1.807) is 0 Å². The molecule has 1 aromatic carbocycles. The highest BCUT2D eigenvalue weighted by atomic mass is 28.3. The molecule has 0 spiro atoms. The summed E-state index contributed by atoms with van der Waals surface area (Å²) in [6.07, 6.45) is 1.87. The van der Waals surface area contributed by atoms with Crippen molar-refractivity contribution in [3.8, 4) is 0 Å². The molecule has 0 atom stereocenters. The molecular formula is C12H19NSi. The van der Waals surface area contributed by atoms with E-state index in [-0.39, 0.29) is 0 Å². The van der Waals surface area contributed by atoms with E-state index < -0.39 is 8.24 Å². The average Bonchev–Trinajstić information content (AvgIpc) is 2.15. The van der Waals surface area contributed by atoms with Crippen LogP contribution in [0.5, 0.6) is 0 Å². The topological polar surface area (TPSA) is 3.24 Å². The van der Waals surface area contributed by atoms with E-state index >= 15 is 0 Å². The quantitative estimate of drug-likeness (QED) is 0.682. The van der Waals surface area contributed by atoms with Crippen LogP contribution < -0.4 is 4.57 Å². The van der Waals surface area contributed by atoms with Gasteiger partial charge in [0.25, 0.3) is 0 Å². The van der Waals surface area contributed by atoms with E-state index in [0.29, 0.717) is 0 Å². The maximum absolute atomic E-state index is 3.75. The Kier molecular flexibility index (Phi) is 3.16. The van der Waals surface area contributed by atoms with Crippen molar-refractivity contribution in [1.29, 1.82) is 0 Å². The lowest BCUT2D eigenvalue weighted by Gasteiger charge is -2.32. The lowest BCUT2D eigenvalue weighted by atomic mass is 10.2. The van der Waals surface area contributed by atoms with Gasteiger partial charge in [0.05, 0.1) is 0 Å². The van der Waals surface area contributed by atoms with Crippen molar-refractivity contribution in [2.75, 3.05) is 11.6 Å². The molecule has 0 aliphatic carbocycles. The van der Waals surface area contributed by atoms with E-state index in [9.17, 15) is 0 Å². The molecule has 0 aliphatic heterocycles. The van der Waals surface area contributed by atoms with Crippen LogP contribution >= 0.6 is 0 Å². The Balaban J connectivity index is 2.92. The van der Waals surface area contributed by atoms with Gasteiger partial charge in [-0.05, 0) is 24.7 Å². The molecule has 0 amide bonds. The van der Waals surface area contributed by atoms with Gasteiger partial charge in [-0.3, -0.25) is 0 Å². The van der Waals surface area contributed by atoms with Gasteiger partial charge in [-0.2, -0.15) is 0 Å². The number of hydrogen-bond acceptors (Lipinski definition) is 1. The Bertz CT molecular complexity index is 308. The minimum atomic E-state index is -1.22. The lowest BCUT2D eigenvalue weighted by Crippen LogP contribution is -2.43. The van der Waals surface area contributed by atoms with Crippen molar-refractivity contribution in [1.82, 2.24) is 0 Å². The van der Waals surface area contributed by atoms with Gasteiger partial charge in [-0.1, -0.05) is 44.4 Å². The molecule has 0 unspecified atom stereocenters. The van der Waals surface area contributed by atoms with Crippen molar-refractivity contribution in [2.45, 2.75) is 19.6 Å². The third-order valence-corrected chi connectivity index (χ3v) is 4.79. The van der Waals surface area contributed by atoms with Crippen molar-refractivity contribution in [3.63, 3.8) is 0 Å². The number of nitrogens with zero attached hydrogens (tertiary/aromatic N) is 1. The fraction of sp³-hybridized carbons (Fsp3) is 0.333. The second kappa shape index (κ2) is 4.01. The molecule has 1 rings (SSSR count). The van der Waals surface area contributed by atoms with Crippen molar-refractivity contribution in [2.24, 2.45) is 0 Å². The third kappa shape index (κ3) is 2.48. The molecule has 0 N–H and O–H groups in total. The van der Waals surface area contributed by atoms with Gasteiger partial charge in [0.1, 0.15) is 8.24 Å². The van der Waals surface area contributed by atoms with Gasteiger partial charge < -0.3 is 4.57 Å². The smallest absolute Gasteiger partial charge is 0.147 e.